The van der Waals surface area contributed by atoms with Gasteiger partial charge in [-0.15, -0.1) is 0 Å². The molecule has 0 radical (unpaired) electrons. The van der Waals surface area contributed by atoms with E-state index in [9.17, 15) is 0 Å². The molecule has 1 aliphatic rings. The lowest BCUT2D eigenvalue weighted by atomic mass is 10.0. The molecule has 3 heterocycles. The van der Waals surface area contributed by atoms with E-state index in [2.05, 4.69) is 77.0 Å². The summed E-state index contributed by atoms with van der Waals surface area (Å²) >= 11 is 0. The first-order valence-electron chi connectivity index (χ1n) is 9.30. The predicted molar refractivity (Wildman–Crippen MR) is 107 cm³/mol. The summed E-state index contributed by atoms with van der Waals surface area (Å²) in [5.74, 6) is 0. The summed E-state index contributed by atoms with van der Waals surface area (Å²) in [5, 5.41) is 5.75. The Kier molecular flexibility index (Phi) is 4.37. The van der Waals surface area contributed by atoms with Gasteiger partial charge in [-0.05, 0) is 44.4 Å². The minimum absolute atomic E-state index is 0.0286. The third-order valence-electron chi connectivity index (χ3n) is 5.04. The minimum atomic E-state index is 0.0286. The van der Waals surface area contributed by atoms with E-state index in [0.29, 0.717) is 0 Å². The molecule has 0 spiro atoms. The zero-order valence-corrected chi connectivity index (χ0v) is 15.8. The maximum atomic E-state index is 4.58. The Morgan fingerprint density at radius 1 is 1.12 bits per heavy atom. The number of pyridine rings is 1. The number of fused-ring (bicyclic) bond motifs is 1. The van der Waals surface area contributed by atoms with Crippen molar-refractivity contribution in [1.29, 1.82) is 0 Å². The molecule has 1 aliphatic heterocycles. The molecule has 2 aromatic heterocycles. The molecule has 134 valence electrons. The smallest absolute Gasteiger partial charge is 0.0746 e. The van der Waals surface area contributed by atoms with Crippen LogP contribution in [0.2, 0.25) is 0 Å². The van der Waals surface area contributed by atoms with Gasteiger partial charge in [0.05, 0.1) is 17.3 Å². The molecular weight excluding hydrogens is 320 g/mol. The van der Waals surface area contributed by atoms with Gasteiger partial charge in [0.2, 0.25) is 0 Å². The molecule has 0 bridgehead atoms. The van der Waals surface area contributed by atoms with Crippen molar-refractivity contribution < 1.29 is 0 Å². The topological polar surface area (TPSA) is 34.0 Å². The molecule has 0 amide bonds. The Hall–Kier alpha value is -2.46. The summed E-state index contributed by atoms with van der Waals surface area (Å²) in [7, 11) is 0. The highest BCUT2D eigenvalue weighted by Crippen LogP contribution is 2.25. The number of hydrogen-bond acceptors (Lipinski definition) is 3. The average molecular weight is 346 g/mol. The lowest BCUT2D eigenvalue weighted by Crippen LogP contribution is -2.28. The molecule has 4 heteroatoms. The van der Waals surface area contributed by atoms with Crippen molar-refractivity contribution in [2.45, 2.75) is 39.3 Å². The van der Waals surface area contributed by atoms with Crippen molar-refractivity contribution >= 4 is 16.5 Å². The Morgan fingerprint density at radius 3 is 2.69 bits per heavy atom. The molecule has 0 aliphatic carbocycles. The van der Waals surface area contributed by atoms with Crippen molar-refractivity contribution in [3.05, 3.63) is 66.1 Å². The highest BCUT2D eigenvalue weighted by molar-refractivity contribution is 5.81. The van der Waals surface area contributed by atoms with Crippen LogP contribution < -0.4 is 0 Å². The van der Waals surface area contributed by atoms with Gasteiger partial charge in [-0.1, -0.05) is 30.3 Å². The summed E-state index contributed by atoms with van der Waals surface area (Å²) < 4.78 is 2.05. The van der Waals surface area contributed by atoms with E-state index in [-0.39, 0.29) is 5.54 Å². The van der Waals surface area contributed by atoms with Gasteiger partial charge in [0.1, 0.15) is 0 Å². The zero-order chi connectivity index (χ0) is 18.1. The van der Waals surface area contributed by atoms with Gasteiger partial charge >= 0.3 is 0 Å². The Balaban J connectivity index is 1.48. The summed E-state index contributed by atoms with van der Waals surface area (Å²) in [6.45, 7) is 9.52. The molecule has 4 nitrogen and oxygen atoms in total. The third-order valence-corrected chi connectivity index (χ3v) is 5.04. The van der Waals surface area contributed by atoms with Gasteiger partial charge in [0, 0.05) is 43.0 Å². The van der Waals surface area contributed by atoms with Gasteiger partial charge in [0.25, 0.3) is 0 Å². The maximum absolute atomic E-state index is 4.58. The summed E-state index contributed by atoms with van der Waals surface area (Å²) in [5.41, 5.74) is 5.12. The van der Waals surface area contributed by atoms with Gasteiger partial charge < -0.3 is 0 Å². The average Bonchev–Trinajstić information content (AvgIpc) is 3.13. The van der Waals surface area contributed by atoms with Crippen LogP contribution in [0.4, 0.5) is 0 Å². The van der Waals surface area contributed by atoms with E-state index < -0.39 is 0 Å². The first-order valence-corrected chi connectivity index (χ1v) is 9.30. The molecule has 1 aromatic carbocycles. The van der Waals surface area contributed by atoms with E-state index in [0.717, 1.165) is 31.6 Å². The van der Waals surface area contributed by atoms with Gasteiger partial charge in [-0.25, -0.2) is 0 Å². The van der Waals surface area contributed by atoms with Crippen molar-refractivity contribution in [3.63, 3.8) is 0 Å². The first-order chi connectivity index (χ1) is 12.5. The summed E-state index contributed by atoms with van der Waals surface area (Å²) in [6, 6.07) is 10.6. The molecule has 0 saturated heterocycles. The first kappa shape index (κ1) is 17.0. The fraction of sp³-hybridized carbons (Fsp3) is 0.364. The normalized spacial score (nSPS) is 16.0. The van der Waals surface area contributed by atoms with Gasteiger partial charge in [0.15, 0.2) is 0 Å². The number of hydrogen-bond donors (Lipinski definition) is 0. The van der Waals surface area contributed by atoms with Crippen LogP contribution in [0.3, 0.4) is 0 Å². The fourth-order valence-corrected chi connectivity index (χ4v) is 3.51. The predicted octanol–water partition coefficient (Wildman–Crippen LogP) is 4.48. The second kappa shape index (κ2) is 6.69. The van der Waals surface area contributed by atoms with Gasteiger partial charge in [-0.3, -0.25) is 14.6 Å². The molecule has 0 saturated carbocycles. The number of nitrogens with zero attached hydrogens (tertiary/aromatic N) is 4. The zero-order valence-electron chi connectivity index (χ0n) is 15.8. The van der Waals surface area contributed by atoms with Crippen molar-refractivity contribution in [1.82, 2.24) is 19.7 Å². The van der Waals surface area contributed by atoms with Crippen molar-refractivity contribution in [3.8, 4) is 0 Å². The lowest BCUT2D eigenvalue weighted by molar-refractivity contribution is 0.295. The number of rotatable bonds is 3. The van der Waals surface area contributed by atoms with Crippen LogP contribution in [-0.4, -0.2) is 32.8 Å². The maximum Gasteiger partial charge on any atom is 0.0746 e. The van der Waals surface area contributed by atoms with E-state index in [1.165, 1.54) is 22.1 Å². The van der Waals surface area contributed by atoms with Crippen LogP contribution in [0.1, 0.15) is 38.3 Å². The van der Waals surface area contributed by atoms with Crippen LogP contribution in [-0.2, 0) is 12.1 Å². The Labute approximate surface area is 155 Å². The Bertz CT molecular complexity index is 941. The third kappa shape index (κ3) is 3.42. The Morgan fingerprint density at radius 2 is 1.96 bits per heavy atom. The largest absolute Gasteiger partial charge is 0.295 e. The molecule has 3 aromatic rings. The number of benzene rings is 1. The van der Waals surface area contributed by atoms with Crippen LogP contribution in [0.5, 0.6) is 0 Å². The van der Waals surface area contributed by atoms with Crippen molar-refractivity contribution in [2.24, 2.45) is 0 Å². The second-order valence-electron chi connectivity index (χ2n) is 8.05. The van der Waals surface area contributed by atoms with Gasteiger partial charge in [-0.2, -0.15) is 5.10 Å². The quantitative estimate of drug-likeness (QED) is 0.701. The molecular formula is C22H26N4. The van der Waals surface area contributed by atoms with Crippen LogP contribution in [0.25, 0.3) is 16.5 Å². The number of aromatic nitrogens is 3. The second-order valence-corrected chi connectivity index (χ2v) is 8.05. The molecule has 4 rings (SSSR count). The van der Waals surface area contributed by atoms with E-state index in [1.54, 1.807) is 0 Å². The molecule has 26 heavy (non-hydrogen) atoms. The highest BCUT2D eigenvalue weighted by atomic mass is 15.3. The number of para-hydroxylation sites is 1. The van der Waals surface area contributed by atoms with E-state index in [1.807, 2.05) is 18.5 Å². The molecule has 0 fully saturated rings. The monoisotopic (exact) mass is 346 g/mol. The minimum Gasteiger partial charge on any atom is -0.295 e. The molecule has 0 unspecified atom stereocenters. The van der Waals surface area contributed by atoms with Crippen LogP contribution >= 0.6 is 0 Å². The summed E-state index contributed by atoms with van der Waals surface area (Å²) in [4.78, 5) is 7.07. The lowest BCUT2D eigenvalue weighted by Gasteiger charge is -2.26. The molecule has 0 N–H and O–H groups in total. The van der Waals surface area contributed by atoms with E-state index >= 15 is 0 Å². The van der Waals surface area contributed by atoms with E-state index in [4.69, 9.17) is 0 Å². The van der Waals surface area contributed by atoms with Crippen molar-refractivity contribution in [2.75, 3.05) is 13.1 Å². The van der Waals surface area contributed by atoms with Crippen LogP contribution in [0, 0.1) is 0 Å². The summed E-state index contributed by atoms with van der Waals surface area (Å²) in [6.07, 6.45) is 9.48. The SMILES string of the molecule is CC(C)(C)n1cc(C2=CCN(Cc3cccc4cccnc34)CC2)cn1. The highest BCUT2D eigenvalue weighted by Gasteiger charge is 2.18. The fourth-order valence-electron chi connectivity index (χ4n) is 3.51. The standard InChI is InChI=1S/C22H26N4/c1-22(2,3)26-16-20(14-24-26)17-9-12-25(13-10-17)15-19-7-4-6-18-8-5-11-23-21(18)19/h4-9,11,14,16H,10,12-13,15H2,1-3H3. The van der Waals surface area contributed by atoms with Crippen LogP contribution in [0.15, 0.2) is 55.0 Å². The molecule has 0 atom stereocenters.